The Balaban J connectivity index is 0.00000306. The number of halogens is 1. The maximum atomic E-state index is 5.77. The minimum atomic E-state index is 0. The topological polar surface area (TPSA) is 83.5 Å². The highest BCUT2D eigenvalue weighted by Gasteiger charge is 2.24. The number of aromatic nitrogens is 3. The van der Waals surface area contributed by atoms with Gasteiger partial charge in [-0.15, -0.1) is 34.2 Å². The molecule has 0 saturated carbocycles. The largest absolute Gasteiger partial charge is 0.468 e. The maximum absolute atomic E-state index is 5.77. The lowest BCUT2D eigenvalue weighted by atomic mass is 10.1. The summed E-state index contributed by atoms with van der Waals surface area (Å²) >= 11 is 0. The lowest BCUT2D eigenvalue weighted by molar-refractivity contribution is 0.150. The van der Waals surface area contributed by atoms with Crippen molar-refractivity contribution in [3.63, 3.8) is 0 Å². The van der Waals surface area contributed by atoms with Gasteiger partial charge in [-0.25, -0.2) is 0 Å². The van der Waals surface area contributed by atoms with E-state index in [9.17, 15) is 0 Å². The third-order valence-electron chi connectivity index (χ3n) is 6.53. The van der Waals surface area contributed by atoms with Gasteiger partial charge in [0, 0.05) is 32.5 Å². The van der Waals surface area contributed by atoms with E-state index in [-0.39, 0.29) is 30.0 Å². The first-order valence-electron chi connectivity index (χ1n) is 12.6. The zero-order chi connectivity index (χ0) is 22.0. The number of furan rings is 1. The highest BCUT2D eigenvalue weighted by molar-refractivity contribution is 14.0. The monoisotopic (exact) mass is 569 g/mol. The van der Waals surface area contributed by atoms with Gasteiger partial charge in [0.25, 0.3) is 0 Å². The molecule has 1 atom stereocenters. The fraction of sp³-hybridized carbons (Fsp3) is 0.708. The van der Waals surface area contributed by atoms with Crippen LogP contribution in [-0.2, 0) is 19.4 Å². The number of hydrogen-bond donors (Lipinski definition) is 2. The number of fused-ring (bicyclic) bond motifs is 1. The van der Waals surface area contributed by atoms with E-state index in [0.717, 1.165) is 69.5 Å². The first-order chi connectivity index (χ1) is 15.8. The molecular formula is C24H40IN7O. The lowest BCUT2D eigenvalue weighted by Crippen LogP contribution is -2.40. The van der Waals surface area contributed by atoms with Gasteiger partial charge in [-0.1, -0.05) is 12.8 Å². The molecule has 0 radical (unpaired) electrons. The fourth-order valence-corrected chi connectivity index (χ4v) is 4.80. The first-order valence-corrected chi connectivity index (χ1v) is 12.6. The average molecular weight is 570 g/mol. The minimum Gasteiger partial charge on any atom is -0.468 e. The van der Waals surface area contributed by atoms with Crippen LogP contribution in [0.15, 0.2) is 27.8 Å². The van der Waals surface area contributed by atoms with E-state index in [1.807, 2.05) is 6.07 Å². The predicted molar refractivity (Wildman–Crippen MR) is 142 cm³/mol. The molecule has 0 bridgehead atoms. The van der Waals surface area contributed by atoms with Crippen molar-refractivity contribution < 1.29 is 4.42 Å². The average Bonchev–Trinajstić information content (AvgIpc) is 3.42. The number of hydrogen-bond acceptors (Lipinski definition) is 5. The molecule has 33 heavy (non-hydrogen) atoms. The smallest absolute Gasteiger partial charge is 0.191 e. The number of aliphatic imine (C=N–C) groups is 1. The normalized spacial score (nSPS) is 18.2. The molecule has 8 nitrogen and oxygen atoms in total. The van der Waals surface area contributed by atoms with Gasteiger partial charge in [0.05, 0.1) is 18.8 Å². The second-order valence-corrected chi connectivity index (χ2v) is 8.87. The lowest BCUT2D eigenvalue weighted by Gasteiger charge is -2.32. The third kappa shape index (κ3) is 7.43. The zero-order valence-electron chi connectivity index (χ0n) is 20.0. The summed E-state index contributed by atoms with van der Waals surface area (Å²) in [4.78, 5) is 7.44. The quantitative estimate of drug-likeness (QED) is 0.206. The summed E-state index contributed by atoms with van der Waals surface area (Å²) in [6, 6.07) is 4.26. The highest BCUT2D eigenvalue weighted by atomic mass is 127. The zero-order valence-corrected chi connectivity index (χ0v) is 22.3. The molecule has 4 rings (SSSR count). The van der Waals surface area contributed by atoms with Crippen LogP contribution < -0.4 is 10.6 Å². The number of nitrogens with one attached hydrogen (secondary N) is 2. The molecule has 1 unspecified atom stereocenters. The number of aryl methyl sites for hydroxylation is 2. The van der Waals surface area contributed by atoms with Crippen LogP contribution in [0.2, 0.25) is 0 Å². The van der Waals surface area contributed by atoms with E-state index >= 15 is 0 Å². The Morgan fingerprint density at radius 3 is 2.70 bits per heavy atom. The number of rotatable bonds is 9. The molecule has 2 N–H and O–H groups in total. The van der Waals surface area contributed by atoms with Crippen molar-refractivity contribution in [1.29, 1.82) is 0 Å². The van der Waals surface area contributed by atoms with Crippen molar-refractivity contribution in [2.75, 3.05) is 32.7 Å². The second-order valence-electron chi connectivity index (χ2n) is 8.87. The minimum absolute atomic E-state index is 0. The van der Waals surface area contributed by atoms with Crippen LogP contribution in [0, 0.1) is 0 Å². The molecule has 1 saturated heterocycles. The van der Waals surface area contributed by atoms with Gasteiger partial charge in [-0.05, 0) is 64.3 Å². The van der Waals surface area contributed by atoms with Gasteiger partial charge in [0.1, 0.15) is 17.4 Å². The Hall–Kier alpha value is -1.62. The van der Waals surface area contributed by atoms with Crippen LogP contribution in [0.5, 0.6) is 0 Å². The Morgan fingerprint density at radius 1 is 1.09 bits per heavy atom. The van der Waals surface area contributed by atoms with Gasteiger partial charge in [-0.2, -0.15) is 0 Å². The second kappa shape index (κ2) is 13.9. The Morgan fingerprint density at radius 2 is 1.91 bits per heavy atom. The summed E-state index contributed by atoms with van der Waals surface area (Å²) in [6.45, 7) is 7.82. The molecule has 4 heterocycles. The number of piperidine rings is 1. The SMILES string of the molecule is CCNC(=NCC(c1ccco1)N1CCCCC1)NCCCc1nnc2n1CCCCC2.I. The molecule has 2 aromatic heterocycles. The van der Waals surface area contributed by atoms with E-state index in [1.165, 1.54) is 44.3 Å². The third-order valence-corrected chi connectivity index (χ3v) is 6.53. The van der Waals surface area contributed by atoms with E-state index in [1.54, 1.807) is 6.26 Å². The van der Waals surface area contributed by atoms with E-state index in [0.29, 0.717) is 6.54 Å². The summed E-state index contributed by atoms with van der Waals surface area (Å²) in [5.74, 6) is 4.19. The van der Waals surface area contributed by atoms with Crippen molar-refractivity contribution in [2.45, 2.75) is 77.3 Å². The van der Waals surface area contributed by atoms with Crippen LogP contribution >= 0.6 is 24.0 Å². The maximum Gasteiger partial charge on any atom is 0.191 e. The summed E-state index contributed by atoms with van der Waals surface area (Å²) in [5.41, 5.74) is 0. The number of likely N-dealkylation sites (tertiary alicyclic amines) is 1. The number of nitrogens with zero attached hydrogens (tertiary/aromatic N) is 5. The molecule has 0 aromatic carbocycles. The predicted octanol–water partition coefficient (Wildman–Crippen LogP) is 3.93. The van der Waals surface area contributed by atoms with Crippen LogP contribution in [0.3, 0.4) is 0 Å². The first kappa shape index (κ1) is 26.0. The van der Waals surface area contributed by atoms with E-state index in [4.69, 9.17) is 9.41 Å². The molecule has 1 fully saturated rings. The van der Waals surface area contributed by atoms with Crippen molar-refractivity contribution in [3.8, 4) is 0 Å². The standard InChI is InChI=1S/C24H39N7O.HI/c1-2-25-24(26-14-9-13-23-29-28-22-12-5-3-8-17-31(22)23)27-19-20(21-11-10-18-32-21)30-15-6-4-7-16-30;/h10-11,18,20H,2-9,12-17,19H2,1H3,(H2,25,26,27);1H. The van der Waals surface area contributed by atoms with Gasteiger partial charge in [0.2, 0.25) is 0 Å². The summed E-state index contributed by atoms with van der Waals surface area (Å²) in [5, 5.41) is 15.8. The molecule has 184 valence electrons. The molecule has 2 aromatic rings. The summed E-state index contributed by atoms with van der Waals surface area (Å²) < 4.78 is 8.11. The molecule has 2 aliphatic rings. The van der Waals surface area contributed by atoms with Crippen molar-refractivity contribution >= 4 is 29.9 Å². The molecule has 0 aliphatic carbocycles. The molecule has 2 aliphatic heterocycles. The van der Waals surface area contributed by atoms with Gasteiger partial charge in [-0.3, -0.25) is 9.89 Å². The van der Waals surface area contributed by atoms with Crippen LogP contribution in [0.1, 0.15) is 75.3 Å². The van der Waals surface area contributed by atoms with E-state index in [2.05, 4.69) is 43.3 Å². The van der Waals surface area contributed by atoms with Crippen molar-refractivity contribution in [2.24, 2.45) is 4.99 Å². The number of guanidine groups is 1. The summed E-state index contributed by atoms with van der Waals surface area (Å²) in [6.07, 6.45) is 12.4. The van der Waals surface area contributed by atoms with Crippen LogP contribution in [-0.4, -0.2) is 58.3 Å². The van der Waals surface area contributed by atoms with Gasteiger partial charge in [0.15, 0.2) is 5.96 Å². The van der Waals surface area contributed by atoms with Crippen molar-refractivity contribution in [3.05, 3.63) is 35.8 Å². The molecule has 9 heteroatoms. The Kier molecular flexibility index (Phi) is 11.0. The Labute approximate surface area is 215 Å². The van der Waals surface area contributed by atoms with E-state index < -0.39 is 0 Å². The van der Waals surface area contributed by atoms with Crippen LogP contribution in [0.25, 0.3) is 0 Å². The van der Waals surface area contributed by atoms with Crippen LogP contribution in [0.4, 0.5) is 0 Å². The Bertz CT molecular complexity index is 830. The van der Waals surface area contributed by atoms with Crippen molar-refractivity contribution in [1.82, 2.24) is 30.3 Å². The summed E-state index contributed by atoms with van der Waals surface area (Å²) in [7, 11) is 0. The fourth-order valence-electron chi connectivity index (χ4n) is 4.80. The van der Waals surface area contributed by atoms with Gasteiger partial charge < -0.3 is 19.6 Å². The molecular weight excluding hydrogens is 529 g/mol. The molecule has 0 amide bonds. The van der Waals surface area contributed by atoms with Gasteiger partial charge >= 0.3 is 0 Å². The molecule has 0 spiro atoms. The highest BCUT2D eigenvalue weighted by Crippen LogP contribution is 2.25.